The number of carbonyl (C=O) groups is 2. The van der Waals surface area contributed by atoms with E-state index in [9.17, 15) is 9.59 Å². The van der Waals surface area contributed by atoms with Gasteiger partial charge in [0, 0.05) is 18.5 Å². The smallest absolute Gasteiger partial charge is 0.250 e. The maximum absolute atomic E-state index is 11.9. The van der Waals surface area contributed by atoms with Gasteiger partial charge in [-0.25, -0.2) is 0 Å². The molecule has 21 heavy (non-hydrogen) atoms. The second-order valence-corrected chi connectivity index (χ2v) is 4.96. The van der Waals surface area contributed by atoms with Crippen molar-refractivity contribution < 1.29 is 14.3 Å². The van der Waals surface area contributed by atoms with Gasteiger partial charge in [0.1, 0.15) is 6.61 Å². The summed E-state index contributed by atoms with van der Waals surface area (Å²) in [6.45, 7) is 3.94. The van der Waals surface area contributed by atoms with Crippen LogP contribution in [0.25, 0.3) is 0 Å². The van der Waals surface area contributed by atoms with Crippen molar-refractivity contribution in [2.45, 2.75) is 26.3 Å². The molecule has 4 N–H and O–H groups in total. The normalized spacial score (nSPS) is 13.3. The van der Waals surface area contributed by atoms with E-state index in [0.29, 0.717) is 11.4 Å². The van der Waals surface area contributed by atoms with E-state index in [2.05, 4.69) is 10.6 Å². The minimum atomic E-state index is -0.531. The topological polar surface area (TPSA) is 93.5 Å². The Morgan fingerprint density at radius 3 is 2.19 bits per heavy atom. The molecule has 1 rings (SSSR count). The number of carbonyl (C=O) groups excluding carboxylic acids is 2. The molecule has 0 fully saturated rings. The molecule has 1 aromatic rings. The first-order chi connectivity index (χ1) is 9.97. The van der Waals surface area contributed by atoms with E-state index in [1.165, 1.54) is 7.11 Å². The molecule has 1 aromatic carbocycles. The highest BCUT2D eigenvalue weighted by molar-refractivity contribution is 5.95. The third-order valence-corrected chi connectivity index (χ3v) is 3.27. The molecule has 6 heteroatoms. The van der Waals surface area contributed by atoms with Gasteiger partial charge in [0.05, 0.1) is 6.04 Å². The zero-order valence-corrected chi connectivity index (χ0v) is 12.7. The maximum atomic E-state index is 11.9. The van der Waals surface area contributed by atoms with Gasteiger partial charge in [-0.05, 0) is 30.2 Å². The van der Waals surface area contributed by atoms with Crippen molar-refractivity contribution in [2.75, 3.05) is 24.4 Å². The summed E-state index contributed by atoms with van der Waals surface area (Å²) in [6.07, 6.45) is 0.846. The first-order valence-corrected chi connectivity index (χ1v) is 6.93. The van der Waals surface area contributed by atoms with E-state index in [1.807, 2.05) is 13.8 Å². The summed E-state index contributed by atoms with van der Waals surface area (Å²) in [6, 6.07) is 6.31. The minimum Gasteiger partial charge on any atom is -0.375 e. The summed E-state index contributed by atoms with van der Waals surface area (Å²) >= 11 is 0. The Morgan fingerprint density at radius 1 is 1.19 bits per heavy atom. The summed E-state index contributed by atoms with van der Waals surface area (Å²) in [5.74, 6) is -0.314. The van der Waals surface area contributed by atoms with Crippen molar-refractivity contribution in [3.05, 3.63) is 24.3 Å². The lowest BCUT2D eigenvalue weighted by Gasteiger charge is -2.17. The van der Waals surface area contributed by atoms with Crippen molar-refractivity contribution in [1.82, 2.24) is 0 Å². The highest BCUT2D eigenvalue weighted by atomic mass is 16.5. The van der Waals surface area contributed by atoms with E-state index < -0.39 is 6.04 Å². The molecule has 0 unspecified atom stereocenters. The fourth-order valence-corrected chi connectivity index (χ4v) is 1.70. The Morgan fingerprint density at radius 2 is 1.71 bits per heavy atom. The SMILES string of the molecule is CC[C@H](C)[C@H](N)C(=O)Nc1ccc(NC(=O)COC)cc1. The highest BCUT2D eigenvalue weighted by Gasteiger charge is 2.19. The molecule has 116 valence electrons. The minimum absolute atomic E-state index is 0.00223. The molecule has 6 nitrogen and oxygen atoms in total. The predicted molar refractivity (Wildman–Crippen MR) is 83.0 cm³/mol. The second-order valence-electron chi connectivity index (χ2n) is 4.96. The number of rotatable bonds is 7. The Balaban J connectivity index is 2.58. The summed E-state index contributed by atoms with van der Waals surface area (Å²) in [7, 11) is 1.46. The van der Waals surface area contributed by atoms with Crippen molar-refractivity contribution in [3.63, 3.8) is 0 Å². The Bertz CT molecular complexity index is 474. The fraction of sp³-hybridized carbons (Fsp3) is 0.467. The van der Waals surface area contributed by atoms with E-state index in [1.54, 1.807) is 24.3 Å². The molecular formula is C15H23N3O3. The van der Waals surface area contributed by atoms with Crippen LogP contribution in [0.15, 0.2) is 24.3 Å². The lowest BCUT2D eigenvalue weighted by atomic mass is 9.99. The molecule has 0 saturated heterocycles. The molecule has 0 aromatic heterocycles. The molecule has 0 heterocycles. The van der Waals surface area contributed by atoms with Gasteiger partial charge in [0.2, 0.25) is 11.8 Å². The van der Waals surface area contributed by atoms with Gasteiger partial charge in [-0.1, -0.05) is 20.3 Å². The number of nitrogens with one attached hydrogen (secondary N) is 2. The molecule has 2 atom stereocenters. The molecule has 0 bridgehead atoms. The van der Waals surface area contributed by atoms with Crippen molar-refractivity contribution >= 4 is 23.2 Å². The fourth-order valence-electron chi connectivity index (χ4n) is 1.70. The van der Waals surface area contributed by atoms with Crippen molar-refractivity contribution in [1.29, 1.82) is 0 Å². The number of methoxy groups -OCH3 is 1. The number of hydrogen-bond acceptors (Lipinski definition) is 4. The van der Waals surface area contributed by atoms with Gasteiger partial charge >= 0.3 is 0 Å². The number of amides is 2. The van der Waals surface area contributed by atoms with E-state index >= 15 is 0 Å². The quantitative estimate of drug-likeness (QED) is 0.711. The summed E-state index contributed by atoms with van der Waals surface area (Å²) < 4.78 is 4.73. The average Bonchev–Trinajstić information content (AvgIpc) is 2.47. The average molecular weight is 293 g/mol. The standard InChI is InChI=1S/C15H23N3O3/c1-4-10(2)14(16)15(20)18-12-7-5-11(6-8-12)17-13(19)9-21-3/h5-8,10,14H,4,9,16H2,1-3H3,(H,17,19)(H,18,20)/t10-,14-/m0/s1. The van der Waals surface area contributed by atoms with E-state index in [-0.39, 0.29) is 24.3 Å². The van der Waals surface area contributed by atoms with Crippen LogP contribution in [0.1, 0.15) is 20.3 Å². The molecule has 0 aliphatic heterocycles. The maximum Gasteiger partial charge on any atom is 0.250 e. The molecule has 0 radical (unpaired) electrons. The summed E-state index contributed by atoms with van der Waals surface area (Å²) in [4.78, 5) is 23.3. The number of benzene rings is 1. The van der Waals surface area contributed by atoms with Crippen LogP contribution in [0.2, 0.25) is 0 Å². The number of anilines is 2. The predicted octanol–water partition coefficient (Wildman–Crippen LogP) is 1.58. The van der Waals surface area contributed by atoms with Crippen LogP contribution in [0.4, 0.5) is 11.4 Å². The van der Waals surface area contributed by atoms with Gasteiger partial charge in [-0.15, -0.1) is 0 Å². The largest absolute Gasteiger partial charge is 0.375 e. The Kier molecular flexibility index (Phi) is 6.84. The molecule has 0 spiro atoms. The van der Waals surface area contributed by atoms with Gasteiger partial charge in [-0.3, -0.25) is 9.59 Å². The van der Waals surface area contributed by atoms with E-state index in [4.69, 9.17) is 10.5 Å². The summed E-state index contributed by atoms with van der Waals surface area (Å²) in [5.41, 5.74) is 7.15. The summed E-state index contributed by atoms with van der Waals surface area (Å²) in [5, 5.41) is 5.43. The van der Waals surface area contributed by atoms with Crippen LogP contribution in [-0.2, 0) is 14.3 Å². The number of nitrogens with two attached hydrogens (primary N) is 1. The lowest BCUT2D eigenvalue weighted by molar-refractivity contribution is -0.120. The zero-order chi connectivity index (χ0) is 15.8. The first kappa shape index (κ1) is 17.1. The van der Waals surface area contributed by atoms with Crippen LogP contribution < -0.4 is 16.4 Å². The third kappa shape index (κ3) is 5.53. The van der Waals surface area contributed by atoms with Gasteiger partial charge in [0.15, 0.2) is 0 Å². The van der Waals surface area contributed by atoms with Crippen molar-refractivity contribution in [3.8, 4) is 0 Å². The van der Waals surface area contributed by atoms with Crippen LogP contribution >= 0.6 is 0 Å². The number of hydrogen-bond donors (Lipinski definition) is 3. The second kappa shape index (κ2) is 8.39. The Labute approximate surface area is 125 Å². The molecule has 2 amide bonds. The van der Waals surface area contributed by atoms with Crippen LogP contribution in [0.3, 0.4) is 0 Å². The third-order valence-electron chi connectivity index (χ3n) is 3.27. The van der Waals surface area contributed by atoms with Gasteiger partial charge in [-0.2, -0.15) is 0 Å². The highest BCUT2D eigenvalue weighted by Crippen LogP contribution is 2.15. The number of ether oxygens (including phenoxy) is 1. The zero-order valence-electron chi connectivity index (χ0n) is 12.7. The van der Waals surface area contributed by atoms with Crippen LogP contribution in [0.5, 0.6) is 0 Å². The van der Waals surface area contributed by atoms with Crippen LogP contribution in [0, 0.1) is 5.92 Å². The molecule has 0 aliphatic carbocycles. The van der Waals surface area contributed by atoms with Gasteiger partial charge in [0.25, 0.3) is 0 Å². The molecular weight excluding hydrogens is 270 g/mol. The van der Waals surface area contributed by atoms with Gasteiger partial charge < -0.3 is 21.1 Å². The van der Waals surface area contributed by atoms with E-state index in [0.717, 1.165) is 6.42 Å². The monoisotopic (exact) mass is 293 g/mol. The molecule has 0 saturated carbocycles. The molecule has 0 aliphatic rings. The first-order valence-electron chi connectivity index (χ1n) is 6.93. The Hall–Kier alpha value is -1.92. The van der Waals surface area contributed by atoms with Crippen LogP contribution in [-0.4, -0.2) is 31.6 Å². The van der Waals surface area contributed by atoms with Crippen molar-refractivity contribution in [2.24, 2.45) is 11.7 Å². The lowest BCUT2D eigenvalue weighted by Crippen LogP contribution is -2.40.